The normalized spacial score (nSPS) is 23.8. The average molecular weight is 339 g/mol. The molecule has 0 aliphatic carbocycles. The van der Waals surface area contributed by atoms with E-state index in [0.717, 1.165) is 24.1 Å². The summed E-state index contributed by atoms with van der Waals surface area (Å²) in [6.07, 6.45) is 0. The first-order valence-corrected chi connectivity index (χ1v) is 8.20. The lowest BCUT2D eigenvalue weighted by atomic mass is 9.82. The van der Waals surface area contributed by atoms with Gasteiger partial charge in [-0.25, -0.2) is 0 Å². The molecular formula is C17H27BrN2. The first-order valence-electron chi connectivity index (χ1n) is 7.41. The minimum Gasteiger partial charge on any atom is -0.309 e. The fraction of sp³-hybridized carbons (Fsp3) is 0.647. The molecule has 1 aromatic carbocycles. The number of halogens is 1. The third-order valence-corrected chi connectivity index (χ3v) is 4.58. The van der Waals surface area contributed by atoms with Crippen LogP contribution in [-0.2, 0) is 6.54 Å². The third kappa shape index (κ3) is 4.06. The zero-order valence-corrected chi connectivity index (χ0v) is 14.9. The Hall–Kier alpha value is -0.380. The molecule has 20 heavy (non-hydrogen) atoms. The molecule has 0 amide bonds. The largest absolute Gasteiger partial charge is 0.309 e. The molecule has 1 aliphatic rings. The number of hydrogen-bond donors (Lipinski definition) is 1. The van der Waals surface area contributed by atoms with Crippen LogP contribution >= 0.6 is 15.9 Å². The molecule has 0 spiro atoms. The van der Waals surface area contributed by atoms with E-state index < -0.39 is 0 Å². The summed E-state index contributed by atoms with van der Waals surface area (Å²) in [4.78, 5) is 2.64. The van der Waals surface area contributed by atoms with Gasteiger partial charge in [-0.15, -0.1) is 0 Å². The monoisotopic (exact) mass is 338 g/mol. The third-order valence-electron chi connectivity index (χ3n) is 4.09. The van der Waals surface area contributed by atoms with Gasteiger partial charge in [0.2, 0.25) is 0 Å². The van der Waals surface area contributed by atoms with E-state index in [1.807, 2.05) is 0 Å². The van der Waals surface area contributed by atoms with Crippen molar-refractivity contribution in [2.24, 2.45) is 5.41 Å². The van der Waals surface area contributed by atoms with Crippen LogP contribution in [0.4, 0.5) is 0 Å². The summed E-state index contributed by atoms with van der Waals surface area (Å²) < 4.78 is 1.16. The second-order valence-corrected chi connectivity index (χ2v) is 8.60. The lowest BCUT2D eigenvalue weighted by Crippen LogP contribution is -2.64. The number of nitrogens with zero attached hydrogens (tertiary/aromatic N) is 1. The van der Waals surface area contributed by atoms with Crippen molar-refractivity contribution < 1.29 is 0 Å². The van der Waals surface area contributed by atoms with Crippen molar-refractivity contribution in [2.45, 2.75) is 52.7 Å². The molecule has 2 nitrogen and oxygen atoms in total. The van der Waals surface area contributed by atoms with Gasteiger partial charge in [-0.3, -0.25) is 4.90 Å². The highest BCUT2D eigenvalue weighted by atomic mass is 79.9. The summed E-state index contributed by atoms with van der Waals surface area (Å²) in [6, 6.07) is 9.23. The number of benzene rings is 1. The Morgan fingerprint density at radius 3 is 2.65 bits per heavy atom. The van der Waals surface area contributed by atoms with E-state index in [2.05, 4.69) is 85.0 Å². The molecule has 1 unspecified atom stereocenters. The Bertz CT molecular complexity index is 462. The predicted octanol–water partition coefficient (Wildman–Crippen LogP) is 4.05. The smallest absolute Gasteiger partial charge is 0.0273 e. The van der Waals surface area contributed by atoms with Gasteiger partial charge >= 0.3 is 0 Å². The molecule has 0 aromatic heterocycles. The number of rotatable bonds is 2. The summed E-state index contributed by atoms with van der Waals surface area (Å²) >= 11 is 3.57. The molecule has 2 rings (SSSR count). The van der Waals surface area contributed by atoms with E-state index in [1.54, 1.807) is 0 Å². The van der Waals surface area contributed by atoms with E-state index in [0.29, 0.717) is 6.04 Å². The van der Waals surface area contributed by atoms with Gasteiger partial charge in [-0.2, -0.15) is 0 Å². The van der Waals surface area contributed by atoms with Crippen molar-refractivity contribution in [1.29, 1.82) is 0 Å². The zero-order chi connectivity index (χ0) is 15.0. The molecular weight excluding hydrogens is 312 g/mol. The summed E-state index contributed by atoms with van der Waals surface area (Å²) in [5.41, 5.74) is 1.86. The second kappa shape index (κ2) is 5.78. The minimum absolute atomic E-state index is 0.188. The molecule has 1 atom stereocenters. The van der Waals surface area contributed by atoms with Crippen LogP contribution in [0.1, 0.15) is 40.2 Å². The van der Waals surface area contributed by atoms with Crippen LogP contribution in [0.2, 0.25) is 0 Å². The van der Waals surface area contributed by atoms with Crippen molar-refractivity contribution in [2.75, 3.05) is 13.1 Å². The van der Waals surface area contributed by atoms with Crippen molar-refractivity contribution in [1.82, 2.24) is 10.2 Å². The first kappa shape index (κ1) is 16.0. The van der Waals surface area contributed by atoms with E-state index >= 15 is 0 Å². The maximum Gasteiger partial charge on any atom is 0.0273 e. The Labute approximate surface area is 132 Å². The molecule has 1 fully saturated rings. The van der Waals surface area contributed by atoms with Gasteiger partial charge in [0.15, 0.2) is 0 Å². The predicted molar refractivity (Wildman–Crippen MR) is 89.9 cm³/mol. The van der Waals surface area contributed by atoms with E-state index in [4.69, 9.17) is 0 Å². The zero-order valence-electron chi connectivity index (χ0n) is 13.3. The molecule has 0 radical (unpaired) electrons. The van der Waals surface area contributed by atoms with Gasteiger partial charge < -0.3 is 5.32 Å². The fourth-order valence-electron chi connectivity index (χ4n) is 3.07. The second-order valence-electron chi connectivity index (χ2n) is 7.68. The Morgan fingerprint density at radius 2 is 2.05 bits per heavy atom. The Morgan fingerprint density at radius 1 is 1.35 bits per heavy atom. The van der Waals surface area contributed by atoms with Gasteiger partial charge in [0, 0.05) is 35.7 Å². The van der Waals surface area contributed by atoms with Crippen LogP contribution in [0.25, 0.3) is 0 Å². The standard InChI is InChI=1S/C17H27BrN2/c1-16(2,3)15-10-19-17(4,5)12-20(15)11-13-7-6-8-14(18)9-13/h6-9,15,19H,10-12H2,1-5H3. The highest BCUT2D eigenvalue weighted by molar-refractivity contribution is 9.10. The number of hydrogen-bond acceptors (Lipinski definition) is 2. The summed E-state index contributed by atoms with van der Waals surface area (Å²) in [5.74, 6) is 0. The molecule has 1 aliphatic heterocycles. The van der Waals surface area contributed by atoms with Crippen LogP contribution in [-0.4, -0.2) is 29.6 Å². The summed E-state index contributed by atoms with van der Waals surface area (Å²) in [6.45, 7) is 14.8. The van der Waals surface area contributed by atoms with Gasteiger partial charge in [0.25, 0.3) is 0 Å². The molecule has 0 saturated carbocycles. The van der Waals surface area contributed by atoms with Crippen LogP contribution in [0.5, 0.6) is 0 Å². The molecule has 3 heteroatoms. The topological polar surface area (TPSA) is 15.3 Å². The summed E-state index contributed by atoms with van der Waals surface area (Å²) in [7, 11) is 0. The Balaban J connectivity index is 2.19. The quantitative estimate of drug-likeness (QED) is 0.875. The molecule has 1 saturated heterocycles. The van der Waals surface area contributed by atoms with Crippen LogP contribution in [0, 0.1) is 5.41 Å². The fourth-order valence-corrected chi connectivity index (χ4v) is 3.51. The lowest BCUT2D eigenvalue weighted by molar-refractivity contribution is 0.0272. The van der Waals surface area contributed by atoms with Crippen molar-refractivity contribution in [3.05, 3.63) is 34.3 Å². The SMILES string of the molecule is CC1(C)CN(Cc2cccc(Br)c2)C(C(C)(C)C)CN1. The van der Waals surface area contributed by atoms with Gasteiger partial charge in [0.1, 0.15) is 0 Å². The van der Waals surface area contributed by atoms with Crippen LogP contribution in [0.3, 0.4) is 0 Å². The Kier molecular flexibility index (Phi) is 4.63. The molecule has 112 valence electrons. The number of piperazine rings is 1. The molecule has 1 aromatic rings. The lowest BCUT2D eigenvalue weighted by Gasteiger charge is -2.49. The van der Waals surface area contributed by atoms with E-state index in [9.17, 15) is 0 Å². The molecule has 1 heterocycles. The van der Waals surface area contributed by atoms with Crippen molar-refractivity contribution in [3.63, 3.8) is 0 Å². The highest BCUT2D eigenvalue weighted by Gasteiger charge is 2.38. The first-order chi connectivity index (χ1) is 9.17. The number of nitrogens with one attached hydrogen (secondary N) is 1. The average Bonchev–Trinajstić information content (AvgIpc) is 2.25. The maximum absolute atomic E-state index is 3.69. The van der Waals surface area contributed by atoms with Crippen LogP contribution < -0.4 is 5.32 Å². The molecule has 0 bridgehead atoms. The minimum atomic E-state index is 0.188. The van der Waals surface area contributed by atoms with Crippen molar-refractivity contribution >= 4 is 15.9 Å². The maximum atomic E-state index is 3.69. The van der Waals surface area contributed by atoms with Crippen LogP contribution in [0.15, 0.2) is 28.7 Å². The highest BCUT2D eigenvalue weighted by Crippen LogP contribution is 2.30. The van der Waals surface area contributed by atoms with E-state index in [-0.39, 0.29) is 11.0 Å². The van der Waals surface area contributed by atoms with Gasteiger partial charge in [0.05, 0.1) is 0 Å². The van der Waals surface area contributed by atoms with Gasteiger partial charge in [-0.1, -0.05) is 48.8 Å². The van der Waals surface area contributed by atoms with Gasteiger partial charge in [-0.05, 0) is 37.0 Å². The molecule has 1 N–H and O–H groups in total. The van der Waals surface area contributed by atoms with E-state index in [1.165, 1.54) is 5.56 Å². The summed E-state index contributed by atoms with van der Waals surface area (Å²) in [5, 5.41) is 3.69. The van der Waals surface area contributed by atoms with Crippen molar-refractivity contribution in [3.8, 4) is 0 Å².